The third-order valence-corrected chi connectivity index (χ3v) is 2.66. The highest BCUT2D eigenvalue weighted by molar-refractivity contribution is 5.92. The van der Waals surface area contributed by atoms with Crippen LogP contribution in [-0.4, -0.2) is 29.6 Å². The molecule has 1 amide bonds. The van der Waals surface area contributed by atoms with Crippen molar-refractivity contribution < 1.29 is 14.7 Å². The summed E-state index contributed by atoms with van der Waals surface area (Å²) in [4.78, 5) is 22.6. The number of amides is 1. The number of carboxylic acid groups (broad SMARTS) is 1. The van der Waals surface area contributed by atoms with E-state index in [4.69, 9.17) is 10.4 Å². The van der Waals surface area contributed by atoms with E-state index in [1.807, 2.05) is 13.0 Å². The van der Waals surface area contributed by atoms with Gasteiger partial charge in [-0.25, -0.2) is 0 Å². The average Bonchev–Trinajstić information content (AvgIpc) is 2.43. The molecule has 1 aromatic rings. The number of nitrogens with one attached hydrogen (secondary N) is 2. The van der Waals surface area contributed by atoms with E-state index in [0.29, 0.717) is 17.7 Å². The molecule has 0 saturated heterocycles. The first-order valence-corrected chi connectivity index (χ1v) is 6.33. The Morgan fingerprint density at radius 2 is 2.20 bits per heavy atom. The van der Waals surface area contributed by atoms with E-state index in [0.717, 1.165) is 6.42 Å². The molecule has 0 fully saturated rings. The highest BCUT2D eigenvalue weighted by Gasteiger charge is 2.16. The summed E-state index contributed by atoms with van der Waals surface area (Å²) in [6.07, 6.45) is 1.18. The maximum Gasteiger partial charge on any atom is 0.320 e. The Hall–Kier alpha value is -2.39. The lowest BCUT2D eigenvalue weighted by atomic mass is 10.1. The second kappa shape index (κ2) is 7.92. The summed E-state index contributed by atoms with van der Waals surface area (Å²) >= 11 is 0. The number of anilines is 1. The summed E-state index contributed by atoms with van der Waals surface area (Å²) in [7, 11) is 0. The summed E-state index contributed by atoms with van der Waals surface area (Å²) in [5.41, 5.74) is 0.961. The molecule has 3 N–H and O–H groups in total. The van der Waals surface area contributed by atoms with E-state index >= 15 is 0 Å². The van der Waals surface area contributed by atoms with Gasteiger partial charge in [0.05, 0.1) is 18.2 Å². The molecular weight excluding hydrogens is 258 g/mol. The number of rotatable bonds is 7. The highest BCUT2D eigenvalue weighted by atomic mass is 16.4. The fourth-order valence-corrected chi connectivity index (χ4v) is 1.69. The number of benzene rings is 1. The number of nitriles is 1. The number of hydrogen-bond donors (Lipinski definition) is 3. The van der Waals surface area contributed by atoms with Crippen molar-refractivity contribution in [2.45, 2.75) is 25.8 Å². The molecule has 0 bridgehead atoms. The number of nitrogens with zero attached hydrogens (tertiary/aromatic N) is 1. The molecule has 0 saturated carbocycles. The summed E-state index contributed by atoms with van der Waals surface area (Å²) in [6, 6.07) is 7.77. The average molecular weight is 275 g/mol. The van der Waals surface area contributed by atoms with Crippen LogP contribution in [0.3, 0.4) is 0 Å². The smallest absolute Gasteiger partial charge is 0.320 e. The van der Waals surface area contributed by atoms with Gasteiger partial charge in [-0.1, -0.05) is 19.4 Å². The lowest BCUT2D eigenvalue weighted by Crippen LogP contribution is -2.41. The summed E-state index contributed by atoms with van der Waals surface area (Å²) < 4.78 is 0. The minimum absolute atomic E-state index is 0.0895. The Bertz CT molecular complexity index is 523. The van der Waals surface area contributed by atoms with Crippen LogP contribution in [0.2, 0.25) is 0 Å². The lowest BCUT2D eigenvalue weighted by molar-refractivity contribution is -0.139. The van der Waals surface area contributed by atoms with Crippen molar-refractivity contribution in [3.63, 3.8) is 0 Å². The third kappa shape index (κ3) is 5.08. The van der Waals surface area contributed by atoms with E-state index in [1.165, 1.54) is 0 Å². The number of carbonyl (C=O) groups excluding carboxylic acids is 1. The van der Waals surface area contributed by atoms with Crippen LogP contribution in [0, 0.1) is 11.3 Å². The van der Waals surface area contributed by atoms with Gasteiger partial charge in [-0.2, -0.15) is 5.26 Å². The Labute approximate surface area is 117 Å². The second-order valence-electron chi connectivity index (χ2n) is 4.30. The second-order valence-corrected chi connectivity index (χ2v) is 4.30. The van der Waals surface area contributed by atoms with Crippen LogP contribution in [0.15, 0.2) is 24.3 Å². The lowest BCUT2D eigenvalue weighted by Gasteiger charge is -2.13. The number of carboxylic acids is 1. The molecule has 0 aliphatic carbocycles. The minimum atomic E-state index is -0.967. The van der Waals surface area contributed by atoms with Crippen LogP contribution in [0.5, 0.6) is 0 Å². The van der Waals surface area contributed by atoms with E-state index in [9.17, 15) is 9.59 Å². The van der Waals surface area contributed by atoms with Crippen molar-refractivity contribution >= 4 is 17.6 Å². The third-order valence-electron chi connectivity index (χ3n) is 2.66. The molecule has 0 aliphatic rings. The summed E-state index contributed by atoms with van der Waals surface area (Å²) in [5.74, 6) is -1.31. The van der Waals surface area contributed by atoms with Gasteiger partial charge >= 0.3 is 5.97 Å². The van der Waals surface area contributed by atoms with Crippen LogP contribution in [0.4, 0.5) is 5.69 Å². The topological polar surface area (TPSA) is 102 Å². The Kier molecular flexibility index (Phi) is 6.20. The zero-order chi connectivity index (χ0) is 15.0. The minimum Gasteiger partial charge on any atom is -0.480 e. The highest BCUT2D eigenvalue weighted by Crippen LogP contribution is 2.09. The predicted molar refractivity (Wildman–Crippen MR) is 74.1 cm³/mol. The normalized spacial score (nSPS) is 11.4. The maximum absolute atomic E-state index is 11.7. The van der Waals surface area contributed by atoms with Gasteiger partial charge in [-0.3, -0.25) is 14.9 Å². The van der Waals surface area contributed by atoms with Gasteiger partial charge in [0.15, 0.2) is 0 Å². The predicted octanol–water partition coefficient (Wildman–Crippen LogP) is 1.34. The molecular formula is C14H17N3O3. The molecule has 1 aromatic carbocycles. The Balaban J connectivity index is 2.51. The number of aliphatic carboxylic acids is 1. The molecule has 1 rings (SSSR count). The largest absolute Gasteiger partial charge is 0.480 e. The summed E-state index contributed by atoms with van der Waals surface area (Å²) in [6.45, 7) is 1.79. The SMILES string of the molecule is CCCC(NCC(=O)Nc1cccc(C#N)c1)C(=O)O. The first kappa shape index (κ1) is 15.7. The first-order chi connectivity index (χ1) is 9.56. The molecule has 0 radical (unpaired) electrons. The molecule has 0 aliphatic heterocycles. The molecule has 6 nitrogen and oxygen atoms in total. The van der Waals surface area contributed by atoms with Crippen molar-refractivity contribution in [3.05, 3.63) is 29.8 Å². The van der Waals surface area contributed by atoms with Crippen LogP contribution >= 0.6 is 0 Å². The van der Waals surface area contributed by atoms with E-state index in [-0.39, 0.29) is 12.5 Å². The van der Waals surface area contributed by atoms with E-state index in [1.54, 1.807) is 24.3 Å². The van der Waals surface area contributed by atoms with Gasteiger partial charge in [0, 0.05) is 5.69 Å². The van der Waals surface area contributed by atoms with Gasteiger partial charge in [0.25, 0.3) is 0 Å². The van der Waals surface area contributed by atoms with Crippen molar-refractivity contribution in [2.75, 3.05) is 11.9 Å². The molecule has 6 heteroatoms. The van der Waals surface area contributed by atoms with Crippen molar-refractivity contribution in [1.82, 2.24) is 5.32 Å². The zero-order valence-corrected chi connectivity index (χ0v) is 11.2. The van der Waals surface area contributed by atoms with Gasteiger partial charge in [-0.15, -0.1) is 0 Å². The molecule has 20 heavy (non-hydrogen) atoms. The van der Waals surface area contributed by atoms with Crippen LogP contribution in [0.1, 0.15) is 25.3 Å². The number of carbonyl (C=O) groups is 2. The van der Waals surface area contributed by atoms with E-state index in [2.05, 4.69) is 10.6 Å². The first-order valence-electron chi connectivity index (χ1n) is 6.33. The molecule has 0 heterocycles. The standard InChI is InChI=1S/C14H17N3O3/c1-2-4-12(14(19)20)16-9-13(18)17-11-6-3-5-10(7-11)8-15/h3,5-7,12,16H,2,4,9H2,1H3,(H,17,18)(H,19,20). The molecule has 1 atom stereocenters. The van der Waals surface area contributed by atoms with Crippen LogP contribution in [0.25, 0.3) is 0 Å². The van der Waals surface area contributed by atoms with Gasteiger partial charge in [-0.05, 0) is 24.6 Å². The van der Waals surface area contributed by atoms with Gasteiger partial charge in [0.2, 0.25) is 5.91 Å². The van der Waals surface area contributed by atoms with Gasteiger partial charge < -0.3 is 10.4 Å². The van der Waals surface area contributed by atoms with Crippen LogP contribution < -0.4 is 10.6 Å². The molecule has 0 aromatic heterocycles. The Morgan fingerprint density at radius 3 is 2.80 bits per heavy atom. The molecule has 0 spiro atoms. The van der Waals surface area contributed by atoms with Gasteiger partial charge in [0.1, 0.15) is 6.04 Å². The number of hydrogen-bond acceptors (Lipinski definition) is 4. The Morgan fingerprint density at radius 1 is 1.45 bits per heavy atom. The van der Waals surface area contributed by atoms with Crippen molar-refractivity contribution in [2.24, 2.45) is 0 Å². The quantitative estimate of drug-likeness (QED) is 0.697. The van der Waals surface area contributed by atoms with Crippen molar-refractivity contribution in [3.8, 4) is 6.07 Å². The molecule has 1 unspecified atom stereocenters. The monoisotopic (exact) mass is 275 g/mol. The maximum atomic E-state index is 11.7. The zero-order valence-electron chi connectivity index (χ0n) is 11.2. The molecule has 106 valence electrons. The van der Waals surface area contributed by atoms with Crippen molar-refractivity contribution in [1.29, 1.82) is 5.26 Å². The summed E-state index contributed by atoms with van der Waals surface area (Å²) in [5, 5.41) is 23.0. The fourth-order valence-electron chi connectivity index (χ4n) is 1.69. The van der Waals surface area contributed by atoms with Crippen LogP contribution in [-0.2, 0) is 9.59 Å². The van der Waals surface area contributed by atoms with E-state index < -0.39 is 12.0 Å². The fraction of sp³-hybridized carbons (Fsp3) is 0.357.